The van der Waals surface area contributed by atoms with E-state index in [-0.39, 0.29) is 35.9 Å². The van der Waals surface area contributed by atoms with E-state index < -0.39 is 0 Å². The maximum Gasteiger partial charge on any atom is 0.250 e. The first-order valence-corrected chi connectivity index (χ1v) is 5.00. The molecule has 0 aliphatic carbocycles. The van der Waals surface area contributed by atoms with Crippen molar-refractivity contribution in [3.8, 4) is 0 Å². The van der Waals surface area contributed by atoms with Crippen LogP contribution >= 0.6 is 0 Å². The van der Waals surface area contributed by atoms with E-state index in [1.807, 2.05) is 12.2 Å². The van der Waals surface area contributed by atoms with Crippen LogP contribution in [0.5, 0.6) is 0 Å². The molecule has 3 aliphatic heterocycles. The molecule has 0 spiro atoms. The van der Waals surface area contributed by atoms with Gasteiger partial charge in [-0.15, -0.1) is 0 Å². The highest BCUT2D eigenvalue weighted by Gasteiger charge is 2.61. The first-order chi connectivity index (χ1) is 7.11. The van der Waals surface area contributed by atoms with Crippen LogP contribution in [-0.4, -0.2) is 48.1 Å². The van der Waals surface area contributed by atoms with Crippen molar-refractivity contribution in [2.45, 2.75) is 12.2 Å². The zero-order valence-corrected chi connectivity index (χ0v) is 8.58. The first kappa shape index (κ1) is 9.06. The lowest BCUT2D eigenvalue weighted by Crippen LogP contribution is -2.43. The maximum atomic E-state index is 12.0. The van der Waals surface area contributed by atoms with Crippen LogP contribution in [0.1, 0.15) is 0 Å². The molecule has 3 rings (SSSR count). The Morgan fingerprint density at radius 2 is 1.60 bits per heavy atom. The molecule has 5 heteroatoms. The van der Waals surface area contributed by atoms with Gasteiger partial charge in [-0.1, -0.05) is 12.2 Å². The van der Waals surface area contributed by atoms with Crippen LogP contribution in [0.25, 0.3) is 0 Å². The van der Waals surface area contributed by atoms with Crippen molar-refractivity contribution in [2.24, 2.45) is 11.8 Å². The molecule has 0 saturated carbocycles. The van der Waals surface area contributed by atoms with Crippen molar-refractivity contribution < 1.29 is 14.3 Å². The van der Waals surface area contributed by atoms with Crippen molar-refractivity contribution in [2.75, 3.05) is 14.1 Å². The molecule has 0 aromatic carbocycles. The number of hydrazine groups is 1. The van der Waals surface area contributed by atoms with E-state index in [0.29, 0.717) is 0 Å². The summed E-state index contributed by atoms with van der Waals surface area (Å²) in [6, 6.07) is 0. The van der Waals surface area contributed by atoms with Crippen molar-refractivity contribution in [3.05, 3.63) is 12.2 Å². The summed E-state index contributed by atoms with van der Waals surface area (Å²) < 4.78 is 5.51. The van der Waals surface area contributed by atoms with Crippen molar-refractivity contribution in [1.82, 2.24) is 10.0 Å². The van der Waals surface area contributed by atoms with Gasteiger partial charge in [-0.3, -0.25) is 9.59 Å². The minimum atomic E-state index is -0.296. The SMILES string of the molecule is CN(C)N1C(=O)[C@@H]2[C@H](C1=O)[C@@H]1C=C[C@H]2O1. The van der Waals surface area contributed by atoms with E-state index in [4.69, 9.17) is 4.74 Å². The Morgan fingerprint density at radius 1 is 1.13 bits per heavy atom. The molecule has 0 unspecified atom stereocenters. The lowest BCUT2D eigenvalue weighted by Gasteiger charge is -2.23. The lowest BCUT2D eigenvalue weighted by molar-refractivity contribution is -0.157. The van der Waals surface area contributed by atoms with Gasteiger partial charge in [0.25, 0.3) is 11.8 Å². The number of hydrogen-bond donors (Lipinski definition) is 0. The Balaban J connectivity index is 2.00. The molecule has 2 bridgehead atoms. The van der Waals surface area contributed by atoms with Crippen LogP contribution in [0.15, 0.2) is 12.2 Å². The van der Waals surface area contributed by atoms with Gasteiger partial charge in [0.2, 0.25) is 0 Å². The van der Waals surface area contributed by atoms with Gasteiger partial charge in [0.1, 0.15) is 0 Å². The predicted molar refractivity (Wildman–Crippen MR) is 50.3 cm³/mol. The molecule has 2 fully saturated rings. The molecule has 0 aromatic rings. The van der Waals surface area contributed by atoms with Crippen molar-refractivity contribution >= 4 is 11.8 Å². The fourth-order valence-electron chi connectivity index (χ4n) is 2.68. The molecular weight excluding hydrogens is 196 g/mol. The quantitative estimate of drug-likeness (QED) is 0.426. The minimum absolute atomic E-state index is 0.133. The lowest BCUT2D eigenvalue weighted by atomic mass is 9.85. The van der Waals surface area contributed by atoms with Gasteiger partial charge in [0, 0.05) is 14.1 Å². The van der Waals surface area contributed by atoms with Crippen molar-refractivity contribution in [1.29, 1.82) is 0 Å². The number of amides is 2. The predicted octanol–water partition coefficient (Wildman–Crippen LogP) is -0.599. The molecule has 2 saturated heterocycles. The van der Waals surface area contributed by atoms with Gasteiger partial charge in [0.05, 0.1) is 24.0 Å². The molecule has 5 nitrogen and oxygen atoms in total. The Hall–Kier alpha value is -1.20. The molecule has 80 valence electrons. The maximum absolute atomic E-state index is 12.0. The molecular formula is C10H12N2O3. The molecule has 0 aromatic heterocycles. The third kappa shape index (κ3) is 0.943. The fraction of sp³-hybridized carbons (Fsp3) is 0.600. The molecule has 15 heavy (non-hydrogen) atoms. The summed E-state index contributed by atoms with van der Waals surface area (Å²) in [5.41, 5.74) is 0. The second-order valence-corrected chi connectivity index (χ2v) is 4.34. The number of nitrogens with zero attached hydrogens (tertiary/aromatic N) is 2. The highest BCUT2D eigenvalue weighted by Crippen LogP contribution is 2.45. The normalized spacial score (nSPS) is 42.2. The molecule has 0 N–H and O–H groups in total. The fourth-order valence-corrected chi connectivity index (χ4v) is 2.68. The summed E-state index contributed by atoms with van der Waals surface area (Å²) in [4.78, 5) is 24.0. The van der Waals surface area contributed by atoms with Gasteiger partial charge < -0.3 is 4.74 Å². The monoisotopic (exact) mass is 208 g/mol. The van der Waals surface area contributed by atoms with E-state index >= 15 is 0 Å². The van der Waals surface area contributed by atoms with Crippen LogP contribution < -0.4 is 0 Å². The van der Waals surface area contributed by atoms with Crippen LogP contribution in [0.4, 0.5) is 0 Å². The standard InChI is InChI=1S/C10H12N2O3/c1-11(2)12-9(13)7-5-3-4-6(15-5)8(7)10(12)14/h3-8H,1-2H3/t5-,6+,7+,8-. The largest absolute Gasteiger partial charge is 0.365 e. The van der Waals surface area contributed by atoms with Gasteiger partial charge in [-0.2, -0.15) is 0 Å². The Kier molecular flexibility index (Phi) is 1.62. The summed E-state index contributed by atoms with van der Waals surface area (Å²) in [6.45, 7) is 0. The number of carbonyl (C=O) groups is 2. The second kappa shape index (κ2) is 2.68. The van der Waals surface area contributed by atoms with E-state index in [1.54, 1.807) is 19.1 Å². The highest BCUT2D eigenvalue weighted by molar-refractivity contribution is 6.06. The number of carbonyl (C=O) groups excluding carboxylic acids is 2. The van der Waals surface area contributed by atoms with Gasteiger partial charge in [-0.25, -0.2) is 10.0 Å². The minimum Gasteiger partial charge on any atom is -0.365 e. The average molecular weight is 208 g/mol. The Bertz CT molecular complexity index is 347. The summed E-state index contributed by atoms with van der Waals surface area (Å²) >= 11 is 0. The molecule has 4 atom stereocenters. The topological polar surface area (TPSA) is 49.9 Å². The summed E-state index contributed by atoms with van der Waals surface area (Å²) in [5.74, 6) is -0.858. The molecule has 3 heterocycles. The zero-order chi connectivity index (χ0) is 10.7. The Labute approximate surface area is 87.2 Å². The van der Waals surface area contributed by atoms with Gasteiger partial charge in [-0.05, 0) is 0 Å². The first-order valence-electron chi connectivity index (χ1n) is 5.00. The molecule has 0 radical (unpaired) electrons. The number of fused-ring (bicyclic) bond motifs is 5. The van der Waals surface area contributed by atoms with Crippen LogP contribution in [-0.2, 0) is 14.3 Å². The summed E-state index contributed by atoms with van der Waals surface area (Å²) in [5, 5.41) is 2.77. The van der Waals surface area contributed by atoms with Crippen LogP contribution in [0.3, 0.4) is 0 Å². The third-order valence-corrected chi connectivity index (χ3v) is 3.29. The summed E-state index contributed by atoms with van der Waals surface area (Å²) in [6.07, 6.45) is 3.38. The van der Waals surface area contributed by atoms with E-state index in [1.165, 1.54) is 5.01 Å². The van der Waals surface area contributed by atoms with Crippen molar-refractivity contribution in [3.63, 3.8) is 0 Å². The number of ether oxygens (including phenoxy) is 1. The second-order valence-electron chi connectivity index (χ2n) is 4.34. The Morgan fingerprint density at radius 3 is 2.00 bits per heavy atom. The van der Waals surface area contributed by atoms with Crippen LogP contribution in [0, 0.1) is 11.8 Å². The van der Waals surface area contributed by atoms with Gasteiger partial charge >= 0.3 is 0 Å². The smallest absolute Gasteiger partial charge is 0.250 e. The van der Waals surface area contributed by atoms with Gasteiger partial charge in [0.15, 0.2) is 0 Å². The molecule has 2 amide bonds. The van der Waals surface area contributed by atoms with Crippen LogP contribution in [0.2, 0.25) is 0 Å². The van der Waals surface area contributed by atoms with E-state index in [9.17, 15) is 9.59 Å². The zero-order valence-electron chi connectivity index (χ0n) is 8.58. The third-order valence-electron chi connectivity index (χ3n) is 3.29. The number of rotatable bonds is 1. The average Bonchev–Trinajstić information content (AvgIpc) is 2.79. The number of imide groups is 1. The van der Waals surface area contributed by atoms with E-state index in [0.717, 1.165) is 0 Å². The highest BCUT2D eigenvalue weighted by atomic mass is 16.5. The summed E-state index contributed by atoms with van der Waals surface area (Å²) in [7, 11) is 3.40. The molecule has 3 aliphatic rings. The van der Waals surface area contributed by atoms with E-state index in [2.05, 4.69) is 0 Å². The number of hydrogen-bond acceptors (Lipinski definition) is 4.